The van der Waals surface area contributed by atoms with Crippen LogP contribution in [0.2, 0.25) is 0 Å². The third-order valence-electron chi connectivity index (χ3n) is 5.64. The summed E-state index contributed by atoms with van der Waals surface area (Å²) in [5.74, 6) is -1.38. The van der Waals surface area contributed by atoms with Gasteiger partial charge in [-0.2, -0.15) is 0 Å². The number of nitrogens with zero attached hydrogens (tertiary/aromatic N) is 2. The largest absolute Gasteiger partial charge is 0.277 e. The number of anilines is 2. The lowest BCUT2D eigenvalue weighted by atomic mass is 9.99. The average Bonchev–Trinajstić information content (AvgIpc) is 3.02. The molecule has 2 aliphatic rings. The Morgan fingerprint density at radius 1 is 0.742 bits per heavy atom. The Hall–Kier alpha value is -3.38. The van der Waals surface area contributed by atoms with E-state index in [1.807, 2.05) is 62.4 Å². The summed E-state index contributed by atoms with van der Waals surface area (Å²) >= 11 is 1.61. The van der Waals surface area contributed by atoms with Crippen LogP contribution in [0.3, 0.4) is 0 Å². The van der Waals surface area contributed by atoms with Crippen LogP contribution in [0.25, 0.3) is 0 Å². The van der Waals surface area contributed by atoms with Crippen LogP contribution in [0.1, 0.15) is 34.6 Å². The number of fused-ring (bicyclic) bond motifs is 3. The van der Waals surface area contributed by atoms with Gasteiger partial charge in [-0.1, -0.05) is 62.0 Å². The van der Waals surface area contributed by atoms with Crippen LogP contribution in [0.4, 0.5) is 11.4 Å². The van der Waals surface area contributed by atoms with Crippen molar-refractivity contribution in [3.05, 3.63) is 83.9 Å². The molecule has 1 atom stereocenters. The van der Waals surface area contributed by atoms with E-state index in [0.717, 1.165) is 26.1 Å². The van der Waals surface area contributed by atoms with Crippen molar-refractivity contribution in [2.24, 2.45) is 5.92 Å². The van der Waals surface area contributed by atoms with Crippen molar-refractivity contribution in [2.75, 3.05) is 4.90 Å². The minimum Gasteiger partial charge on any atom is -0.277 e. The lowest BCUT2D eigenvalue weighted by molar-refractivity contribution is -0.123. The van der Waals surface area contributed by atoms with Crippen molar-refractivity contribution >= 4 is 40.9 Å². The number of rotatable bonds is 3. The lowest BCUT2D eigenvalue weighted by Crippen LogP contribution is -2.53. The molecule has 0 saturated heterocycles. The molecule has 2 heterocycles. The number of carbonyl (C=O) groups is 3. The molecule has 0 spiro atoms. The molecular weight excluding hydrogens is 408 g/mol. The van der Waals surface area contributed by atoms with E-state index >= 15 is 0 Å². The van der Waals surface area contributed by atoms with Crippen molar-refractivity contribution in [1.29, 1.82) is 0 Å². The predicted octanol–water partition coefficient (Wildman–Crippen LogP) is 5.14. The van der Waals surface area contributed by atoms with E-state index in [2.05, 4.69) is 0 Å². The summed E-state index contributed by atoms with van der Waals surface area (Å²) in [7, 11) is 0. The Balaban J connectivity index is 1.62. The van der Waals surface area contributed by atoms with E-state index in [1.165, 1.54) is 0 Å². The van der Waals surface area contributed by atoms with E-state index in [1.54, 1.807) is 40.9 Å². The Kier molecular flexibility index (Phi) is 4.67. The molecule has 0 aromatic heterocycles. The highest BCUT2D eigenvalue weighted by Crippen LogP contribution is 2.48. The maximum Gasteiger partial charge on any atom is 0.262 e. The molecule has 0 fully saturated rings. The van der Waals surface area contributed by atoms with Crippen molar-refractivity contribution in [3.8, 4) is 0 Å². The van der Waals surface area contributed by atoms with Gasteiger partial charge in [0.15, 0.2) is 0 Å². The van der Waals surface area contributed by atoms with E-state index < -0.39 is 17.9 Å². The Morgan fingerprint density at radius 3 is 1.68 bits per heavy atom. The minimum absolute atomic E-state index is 0.261. The molecule has 0 radical (unpaired) electrons. The Labute approximate surface area is 184 Å². The average molecular weight is 429 g/mol. The Bertz CT molecular complexity index is 1160. The minimum atomic E-state index is -0.920. The number of benzene rings is 3. The fourth-order valence-corrected chi connectivity index (χ4v) is 5.29. The molecule has 154 valence electrons. The fraction of sp³-hybridized carbons (Fsp3) is 0.160. The van der Waals surface area contributed by atoms with Crippen LogP contribution >= 0.6 is 11.8 Å². The molecule has 6 heteroatoms. The van der Waals surface area contributed by atoms with Crippen LogP contribution < -0.4 is 4.90 Å². The van der Waals surface area contributed by atoms with Crippen LogP contribution in [-0.2, 0) is 4.79 Å². The topological polar surface area (TPSA) is 57.7 Å². The fourth-order valence-electron chi connectivity index (χ4n) is 4.23. The van der Waals surface area contributed by atoms with Crippen molar-refractivity contribution in [1.82, 2.24) is 4.90 Å². The second kappa shape index (κ2) is 7.39. The van der Waals surface area contributed by atoms with E-state index in [-0.39, 0.29) is 11.8 Å². The molecule has 3 amide bonds. The summed E-state index contributed by atoms with van der Waals surface area (Å²) in [6.45, 7) is 3.73. The molecule has 0 N–H and O–H groups in total. The van der Waals surface area contributed by atoms with Crippen LogP contribution in [0.15, 0.2) is 82.6 Å². The van der Waals surface area contributed by atoms with Crippen molar-refractivity contribution in [2.45, 2.75) is 29.7 Å². The van der Waals surface area contributed by atoms with Gasteiger partial charge in [0.25, 0.3) is 17.7 Å². The van der Waals surface area contributed by atoms with Crippen molar-refractivity contribution in [3.63, 3.8) is 0 Å². The molecule has 0 unspecified atom stereocenters. The summed E-state index contributed by atoms with van der Waals surface area (Å²) in [5, 5.41) is 0. The first-order valence-electron chi connectivity index (χ1n) is 10.2. The Morgan fingerprint density at radius 2 is 1.19 bits per heavy atom. The summed E-state index contributed by atoms with van der Waals surface area (Å²) in [5.41, 5.74) is 2.22. The van der Waals surface area contributed by atoms with Gasteiger partial charge in [-0.25, -0.2) is 0 Å². The highest BCUT2D eigenvalue weighted by molar-refractivity contribution is 7.99. The number of imide groups is 1. The zero-order valence-electron chi connectivity index (χ0n) is 17.1. The first-order chi connectivity index (χ1) is 15.0. The summed E-state index contributed by atoms with van der Waals surface area (Å²) in [6, 6.07) is 21.2. The van der Waals surface area contributed by atoms with Crippen molar-refractivity contribution < 1.29 is 14.4 Å². The van der Waals surface area contributed by atoms with Gasteiger partial charge in [0.05, 0.1) is 22.5 Å². The van der Waals surface area contributed by atoms with E-state index in [0.29, 0.717) is 11.1 Å². The zero-order valence-corrected chi connectivity index (χ0v) is 17.9. The highest BCUT2D eigenvalue weighted by Gasteiger charge is 2.46. The number of amides is 3. The van der Waals surface area contributed by atoms with Gasteiger partial charge in [-0.3, -0.25) is 24.2 Å². The van der Waals surface area contributed by atoms with E-state index in [9.17, 15) is 14.4 Å². The molecule has 5 nitrogen and oxygen atoms in total. The predicted molar refractivity (Wildman–Crippen MR) is 120 cm³/mol. The van der Waals surface area contributed by atoms with Gasteiger partial charge in [0.1, 0.15) is 6.04 Å². The summed E-state index contributed by atoms with van der Waals surface area (Å²) in [4.78, 5) is 45.1. The summed E-state index contributed by atoms with van der Waals surface area (Å²) < 4.78 is 0. The van der Waals surface area contributed by atoms with Crippen LogP contribution in [-0.4, -0.2) is 28.7 Å². The zero-order chi connectivity index (χ0) is 21.7. The SMILES string of the molecule is CC(C)[C@H](C(=O)N1c2ccccc2Sc2ccccc21)N1C(=O)c2ccccc2C1=O. The molecular formula is C25H20N2O3S. The third kappa shape index (κ3) is 2.98. The smallest absolute Gasteiger partial charge is 0.262 e. The second-order valence-electron chi connectivity index (χ2n) is 7.93. The van der Waals surface area contributed by atoms with Gasteiger partial charge in [0, 0.05) is 9.79 Å². The number of carbonyl (C=O) groups excluding carboxylic acids is 3. The molecule has 3 aromatic carbocycles. The quantitative estimate of drug-likeness (QED) is 0.542. The lowest BCUT2D eigenvalue weighted by Gasteiger charge is -2.37. The first kappa shape index (κ1) is 19.6. The molecule has 0 bridgehead atoms. The normalized spacial score (nSPS) is 15.6. The molecule has 3 aromatic rings. The maximum atomic E-state index is 14.1. The molecule has 0 aliphatic carbocycles. The van der Waals surface area contributed by atoms with Gasteiger partial charge < -0.3 is 0 Å². The number of hydrogen-bond donors (Lipinski definition) is 0. The van der Waals surface area contributed by atoms with Crippen LogP contribution in [0.5, 0.6) is 0 Å². The monoisotopic (exact) mass is 428 g/mol. The third-order valence-corrected chi connectivity index (χ3v) is 6.77. The molecule has 2 aliphatic heterocycles. The number of hydrogen-bond acceptors (Lipinski definition) is 4. The molecule has 31 heavy (non-hydrogen) atoms. The standard InChI is InChI=1S/C25H20N2O3S/c1-15(2)22(27-23(28)16-9-3-4-10-17(16)24(27)29)25(30)26-18-11-5-7-13-20(18)31-21-14-8-6-12-19(21)26/h3-15,22H,1-2H3/t22-/m1/s1. The van der Waals surface area contributed by atoms with E-state index in [4.69, 9.17) is 0 Å². The van der Waals surface area contributed by atoms with Gasteiger partial charge >= 0.3 is 0 Å². The maximum absolute atomic E-state index is 14.1. The molecule has 5 rings (SSSR count). The van der Waals surface area contributed by atoms with Gasteiger partial charge in [-0.05, 0) is 42.3 Å². The second-order valence-corrected chi connectivity index (χ2v) is 9.01. The molecule has 0 saturated carbocycles. The van der Waals surface area contributed by atoms with Gasteiger partial charge in [-0.15, -0.1) is 0 Å². The van der Waals surface area contributed by atoms with Gasteiger partial charge in [0.2, 0.25) is 0 Å². The van der Waals surface area contributed by atoms with Crippen LogP contribution in [0, 0.1) is 5.92 Å². The first-order valence-corrected chi connectivity index (χ1v) is 11.0. The highest BCUT2D eigenvalue weighted by atomic mass is 32.2. The summed E-state index contributed by atoms with van der Waals surface area (Å²) in [6.07, 6.45) is 0. The number of para-hydroxylation sites is 2.